The summed E-state index contributed by atoms with van der Waals surface area (Å²) in [4.78, 5) is 8.82. The lowest BCUT2D eigenvalue weighted by molar-refractivity contribution is 0.590. The fourth-order valence-electron chi connectivity index (χ4n) is 2.75. The van der Waals surface area contributed by atoms with Crippen molar-refractivity contribution in [1.29, 1.82) is 0 Å². The average molecular weight is 364 g/mol. The lowest BCUT2D eigenvalue weighted by Gasteiger charge is -2.19. The van der Waals surface area contributed by atoms with E-state index < -0.39 is 0 Å². The number of hydrogen-bond acceptors (Lipinski definition) is 4. The number of hydrogen-bond donors (Lipinski definition) is 2. The normalized spacial score (nSPS) is 11.3. The Kier molecular flexibility index (Phi) is 5.40. The van der Waals surface area contributed by atoms with E-state index in [2.05, 4.69) is 53.5 Å². The number of aromatic nitrogens is 2. The van der Waals surface area contributed by atoms with Gasteiger partial charge in [-0.2, -0.15) is 0 Å². The standard InChI is InChI=1S/C22H25FN4/c1-15-25-20(24-14-16-7-5-6-8-19(16)23)13-21(26-15)27-18-11-9-17(10-12-18)22(2,3)4/h5-13H,14H2,1-4H3,(H2,24,25,26,27). The highest BCUT2D eigenvalue weighted by Gasteiger charge is 2.13. The molecule has 0 fully saturated rings. The highest BCUT2D eigenvalue weighted by molar-refractivity contribution is 5.59. The van der Waals surface area contributed by atoms with Crippen molar-refractivity contribution >= 4 is 17.3 Å². The lowest BCUT2D eigenvalue weighted by Crippen LogP contribution is -2.10. The zero-order valence-corrected chi connectivity index (χ0v) is 16.2. The first-order valence-corrected chi connectivity index (χ1v) is 9.02. The number of rotatable bonds is 5. The van der Waals surface area contributed by atoms with Crippen molar-refractivity contribution in [2.24, 2.45) is 0 Å². The molecule has 27 heavy (non-hydrogen) atoms. The summed E-state index contributed by atoms with van der Waals surface area (Å²) in [6.45, 7) is 8.77. The maximum Gasteiger partial charge on any atom is 0.136 e. The Labute approximate surface area is 159 Å². The van der Waals surface area contributed by atoms with Gasteiger partial charge in [-0.15, -0.1) is 0 Å². The minimum absolute atomic E-state index is 0.119. The summed E-state index contributed by atoms with van der Waals surface area (Å²) in [7, 11) is 0. The van der Waals surface area contributed by atoms with Crippen molar-refractivity contribution in [3.8, 4) is 0 Å². The Morgan fingerprint density at radius 2 is 1.59 bits per heavy atom. The van der Waals surface area contributed by atoms with Crippen LogP contribution in [0.1, 0.15) is 37.7 Å². The van der Waals surface area contributed by atoms with Crippen LogP contribution in [0.4, 0.5) is 21.7 Å². The summed E-state index contributed by atoms with van der Waals surface area (Å²) in [5, 5.41) is 6.47. The summed E-state index contributed by atoms with van der Waals surface area (Å²) >= 11 is 0. The van der Waals surface area contributed by atoms with Crippen LogP contribution in [0, 0.1) is 12.7 Å². The van der Waals surface area contributed by atoms with Crippen molar-refractivity contribution in [2.75, 3.05) is 10.6 Å². The summed E-state index contributed by atoms with van der Waals surface area (Å²) in [5.74, 6) is 1.76. The average Bonchev–Trinajstić information content (AvgIpc) is 2.60. The van der Waals surface area contributed by atoms with Gasteiger partial charge < -0.3 is 10.6 Å². The third-order valence-corrected chi connectivity index (χ3v) is 4.28. The summed E-state index contributed by atoms with van der Waals surface area (Å²) in [6, 6.07) is 16.9. The first-order chi connectivity index (χ1) is 12.8. The number of anilines is 3. The third-order valence-electron chi connectivity index (χ3n) is 4.28. The van der Waals surface area contributed by atoms with Gasteiger partial charge in [0.1, 0.15) is 23.3 Å². The summed E-state index contributed by atoms with van der Waals surface area (Å²) in [5.41, 5.74) is 2.95. The van der Waals surface area contributed by atoms with E-state index in [1.165, 1.54) is 11.6 Å². The minimum Gasteiger partial charge on any atom is -0.366 e. The molecular formula is C22H25FN4. The fraction of sp³-hybridized carbons (Fsp3) is 0.273. The van der Waals surface area contributed by atoms with E-state index in [1.807, 2.05) is 31.2 Å². The van der Waals surface area contributed by atoms with Gasteiger partial charge >= 0.3 is 0 Å². The van der Waals surface area contributed by atoms with Crippen LogP contribution >= 0.6 is 0 Å². The first kappa shape index (κ1) is 18.8. The first-order valence-electron chi connectivity index (χ1n) is 9.02. The van der Waals surface area contributed by atoms with Crippen molar-refractivity contribution in [3.05, 3.63) is 77.4 Å². The molecule has 5 heteroatoms. The molecular weight excluding hydrogens is 339 g/mol. The number of halogens is 1. The molecule has 1 heterocycles. The van der Waals surface area contributed by atoms with Gasteiger partial charge in [-0.05, 0) is 36.1 Å². The molecule has 1 aromatic heterocycles. The van der Waals surface area contributed by atoms with Crippen LogP contribution in [-0.2, 0) is 12.0 Å². The van der Waals surface area contributed by atoms with Crippen molar-refractivity contribution in [1.82, 2.24) is 9.97 Å². The molecule has 0 unspecified atom stereocenters. The van der Waals surface area contributed by atoms with Crippen LogP contribution in [0.5, 0.6) is 0 Å². The molecule has 2 aromatic carbocycles. The van der Waals surface area contributed by atoms with E-state index in [-0.39, 0.29) is 11.2 Å². The van der Waals surface area contributed by atoms with E-state index in [1.54, 1.807) is 12.1 Å². The molecule has 0 atom stereocenters. The fourth-order valence-corrected chi connectivity index (χ4v) is 2.75. The Morgan fingerprint density at radius 1 is 0.926 bits per heavy atom. The van der Waals surface area contributed by atoms with Gasteiger partial charge in [0.15, 0.2) is 0 Å². The predicted molar refractivity (Wildman–Crippen MR) is 109 cm³/mol. The lowest BCUT2D eigenvalue weighted by atomic mass is 9.87. The zero-order chi connectivity index (χ0) is 19.4. The Hall–Kier alpha value is -2.95. The van der Waals surface area contributed by atoms with Gasteiger partial charge in [-0.1, -0.05) is 51.1 Å². The molecule has 3 rings (SSSR count). The number of benzene rings is 2. The van der Waals surface area contributed by atoms with Crippen LogP contribution < -0.4 is 10.6 Å². The second-order valence-corrected chi connectivity index (χ2v) is 7.58. The summed E-state index contributed by atoms with van der Waals surface area (Å²) < 4.78 is 13.8. The molecule has 0 aliphatic carbocycles. The minimum atomic E-state index is -0.229. The smallest absolute Gasteiger partial charge is 0.136 e. The monoisotopic (exact) mass is 364 g/mol. The van der Waals surface area contributed by atoms with Gasteiger partial charge in [0.05, 0.1) is 0 Å². The third kappa shape index (κ3) is 5.03. The van der Waals surface area contributed by atoms with Crippen LogP contribution in [-0.4, -0.2) is 9.97 Å². The highest BCUT2D eigenvalue weighted by atomic mass is 19.1. The van der Waals surface area contributed by atoms with E-state index in [9.17, 15) is 4.39 Å². The molecule has 0 radical (unpaired) electrons. The van der Waals surface area contributed by atoms with E-state index >= 15 is 0 Å². The van der Waals surface area contributed by atoms with Gasteiger partial charge in [0.2, 0.25) is 0 Å². The number of nitrogens with zero attached hydrogens (tertiary/aromatic N) is 2. The molecule has 140 valence electrons. The van der Waals surface area contributed by atoms with Crippen LogP contribution in [0.15, 0.2) is 54.6 Å². The Morgan fingerprint density at radius 3 is 2.26 bits per heavy atom. The largest absolute Gasteiger partial charge is 0.366 e. The molecule has 0 aliphatic heterocycles. The molecule has 4 nitrogen and oxygen atoms in total. The maximum absolute atomic E-state index is 13.8. The second-order valence-electron chi connectivity index (χ2n) is 7.58. The van der Waals surface area contributed by atoms with Crippen molar-refractivity contribution in [3.63, 3.8) is 0 Å². The molecule has 0 aliphatic rings. The van der Waals surface area contributed by atoms with Crippen LogP contribution in [0.25, 0.3) is 0 Å². The molecule has 0 bridgehead atoms. The van der Waals surface area contributed by atoms with Gasteiger partial charge in [0.25, 0.3) is 0 Å². The van der Waals surface area contributed by atoms with E-state index in [0.717, 1.165) is 5.69 Å². The van der Waals surface area contributed by atoms with Crippen molar-refractivity contribution < 1.29 is 4.39 Å². The molecule has 2 N–H and O–H groups in total. The quantitative estimate of drug-likeness (QED) is 0.621. The topological polar surface area (TPSA) is 49.8 Å². The van der Waals surface area contributed by atoms with Gasteiger partial charge in [0, 0.05) is 23.9 Å². The number of aryl methyl sites for hydroxylation is 1. The van der Waals surface area contributed by atoms with E-state index in [4.69, 9.17) is 0 Å². The Balaban J connectivity index is 1.72. The second kappa shape index (κ2) is 7.74. The number of nitrogens with one attached hydrogen (secondary N) is 2. The SMILES string of the molecule is Cc1nc(NCc2ccccc2F)cc(Nc2ccc(C(C)(C)C)cc2)n1. The molecule has 0 saturated carbocycles. The van der Waals surface area contributed by atoms with E-state index in [0.29, 0.717) is 29.6 Å². The van der Waals surface area contributed by atoms with Gasteiger partial charge in [-0.25, -0.2) is 14.4 Å². The zero-order valence-electron chi connectivity index (χ0n) is 16.2. The molecule has 0 saturated heterocycles. The van der Waals surface area contributed by atoms with Crippen LogP contribution in [0.2, 0.25) is 0 Å². The Bertz CT molecular complexity index is 914. The molecule has 0 spiro atoms. The maximum atomic E-state index is 13.8. The predicted octanol–water partition coefficient (Wildman–Crippen LogP) is 5.58. The summed E-state index contributed by atoms with van der Waals surface area (Å²) in [6.07, 6.45) is 0. The van der Waals surface area contributed by atoms with Crippen molar-refractivity contribution in [2.45, 2.75) is 39.7 Å². The highest BCUT2D eigenvalue weighted by Crippen LogP contribution is 2.25. The molecule has 3 aromatic rings. The van der Waals surface area contributed by atoms with Gasteiger partial charge in [-0.3, -0.25) is 0 Å². The molecule has 0 amide bonds. The van der Waals surface area contributed by atoms with Crippen LogP contribution in [0.3, 0.4) is 0 Å².